The number of imidazole rings is 1. The standard InChI is InChI=1S/C10H13N3S/c11-10(3-4-10)2-1-8-7-14-9-12-5-6-13(8)9/h5-7H,1-4,11H2. The molecule has 14 heavy (non-hydrogen) atoms. The summed E-state index contributed by atoms with van der Waals surface area (Å²) < 4.78 is 2.16. The van der Waals surface area contributed by atoms with Crippen molar-refractivity contribution in [2.75, 3.05) is 0 Å². The number of aryl methyl sites for hydroxylation is 1. The Balaban J connectivity index is 1.81. The fourth-order valence-electron chi connectivity index (χ4n) is 1.74. The second-order valence-corrected chi connectivity index (χ2v) is 5.01. The minimum Gasteiger partial charge on any atom is -0.325 e. The van der Waals surface area contributed by atoms with Crippen molar-refractivity contribution in [3.8, 4) is 0 Å². The monoisotopic (exact) mass is 207 g/mol. The van der Waals surface area contributed by atoms with Crippen LogP contribution < -0.4 is 5.73 Å². The van der Waals surface area contributed by atoms with Crippen molar-refractivity contribution in [3.63, 3.8) is 0 Å². The fraction of sp³-hybridized carbons (Fsp3) is 0.500. The maximum absolute atomic E-state index is 6.06. The van der Waals surface area contributed by atoms with Gasteiger partial charge in [-0.25, -0.2) is 4.98 Å². The van der Waals surface area contributed by atoms with Gasteiger partial charge >= 0.3 is 0 Å². The lowest BCUT2D eigenvalue weighted by Gasteiger charge is -2.06. The van der Waals surface area contributed by atoms with Crippen molar-refractivity contribution in [1.82, 2.24) is 9.38 Å². The molecule has 0 amide bonds. The first kappa shape index (κ1) is 8.44. The molecule has 74 valence electrons. The first-order chi connectivity index (χ1) is 6.77. The van der Waals surface area contributed by atoms with Crippen LogP contribution in [0.5, 0.6) is 0 Å². The maximum atomic E-state index is 6.06. The topological polar surface area (TPSA) is 43.3 Å². The third-order valence-corrected chi connectivity index (χ3v) is 3.89. The van der Waals surface area contributed by atoms with Crippen LogP contribution in [-0.2, 0) is 6.42 Å². The number of fused-ring (bicyclic) bond motifs is 1. The molecular weight excluding hydrogens is 194 g/mol. The van der Waals surface area contributed by atoms with Crippen LogP contribution in [0.2, 0.25) is 0 Å². The highest BCUT2D eigenvalue weighted by molar-refractivity contribution is 7.15. The lowest BCUT2D eigenvalue weighted by atomic mass is 10.1. The maximum Gasteiger partial charge on any atom is 0.193 e. The van der Waals surface area contributed by atoms with Gasteiger partial charge in [-0.3, -0.25) is 4.40 Å². The summed E-state index contributed by atoms with van der Waals surface area (Å²) in [6.07, 6.45) is 8.46. The molecule has 2 aromatic heterocycles. The van der Waals surface area contributed by atoms with Crippen LogP contribution in [0, 0.1) is 0 Å². The van der Waals surface area contributed by atoms with Gasteiger partial charge in [0.25, 0.3) is 0 Å². The molecule has 0 unspecified atom stereocenters. The van der Waals surface area contributed by atoms with E-state index in [2.05, 4.69) is 14.8 Å². The Morgan fingerprint density at radius 3 is 3.21 bits per heavy atom. The molecule has 1 aliphatic carbocycles. The lowest BCUT2D eigenvalue weighted by molar-refractivity contribution is 0.602. The SMILES string of the molecule is NC1(CCc2csc3nccn23)CC1. The van der Waals surface area contributed by atoms with Gasteiger partial charge in [-0.1, -0.05) is 0 Å². The Hall–Kier alpha value is -0.870. The van der Waals surface area contributed by atoms with E-state index in [1.54, 1.807) is 11.3 Å². The molecule has 1 saturated carbocycles. The molecule has 2 aromatic rings. The zero-order valence-electron chi connectivity index (χ0n) is 7.94. The summed E-state index contributed by atoms with van der Waals surface area (Å²) in [5.74, 6) is 0. The van der Waals surface area contributed by atoms with Crippen LogP contribution in [0.1, 0.15) is 25.0 Å². The summed E-state index contributed by atoms with van der Waals surface area (Å²) >= 11 is 1.70. The number of thiazole rings is 1. The highest BCUT2D eigenvalue weighted by atomic mass is 32.1. The number of hydrogen-bond acceptors (Lipinski definition) is 3. The van der Waals surface area contributed by atoms with Gasteiger partial charge in [0.2, 0.25) is 0 Å². The Morgan fingerprint density at radius 1 is 1.57 bits per heavy atom. The zero-order chi connectivity index (χ0) is 9.60. The van der Waals surface area contributed by atoms with Crippen molar-refractivity contribution in [3.05, 3.63) is 23.5 Å². The van der Waals surface area contributed by atoms with E-state index in [1.807, 2.05) is 12.4 Å². The van der Waals surface area contributed by atoms with Gasteiger partial charge in [-0.2, -0.15) is 0 Å². The Kier molecular flexibility index (Phi) is 1.69. The second kappa shape index (κ2) is 2.81. The number of nitrogens with two attached hydrogens (primary N) is 1. The Labute approximate surface area is 86.6 Å². The third-order valence-electron chi connectivity index (χ3n) is 2.99. The zero-order valence-corrected chi connectivity index (χ0v) is 8.76. The average molecular weight is 207 g/mol. The van der Waals surface area contributed by atoms with Crippen molar-refractivity contribution < 1.29 is 0 Å². The van der Waals surface area contributed by atoms with Crippen molar-refractivity contribution in [1.29, 1.82) is 0 Å². The van der Waals surface area contributed by atoms with E-state index in [0.29, 0.717) is 0 Å². The van der Waals surface area contributed by atoms with Crippen LogP contribution in [0.4, 0.5) is 0 Å². The van der Waals surface area contributed by atoms with Gasteiger partial charge in [0.1, 0.15) is 0 Å². The van der Waals surface area contributed by atoms with Gasteiger partial charge < -0.3 is 5.73 Å². The largest absolute Gasteiger partial charge is 0.325 e. The number of rotatable bonds is 3. The molecule has 0 spiro atoms. The van der Waals surface area contributed by atoms with Crippen LogP contribution in [-0.4, -0.2) is 14.9 Å². The third kappa shape index (κ3) is 1.35. The molecule has 4 heteroatoms. The lowest BCUT2D eigenvalue weighted by Crippen LogP contribution is -2.22. The van der Waals surface area contributed by atoms with E-state index < -0.39 is 0 Å². The fourth-order valence-corrected chi connectivity index (χ4v) is 2.63. The number of aromatic nitrogens is 2. The minimum atomic E-state index is 0.162. The summed E-state index contributed by atoms with van der Waals surface area (Å²) in [6, 6.07) is 0. The Bertz CT molecular complexity index is 453. The van der Waals surface area contributed by atoms with E-state index in [4.69, 9.17) is 5.73 Å². The van der Waals surface area contributed by atoms with E-state index >= 15 is 0 Å². The molecule has 1 aliphatic rings. The minimum absolute atomic E-state index is 0.162. The predicted octanol–water partition coefficient (Wildman–Crippen LogP) is 1.82. The molecule has 0 aliphatic heterocycles. The molecule has 0 atom stereocenters. The van der Waals surface area contributed by atoms with Gasteiger partial charge in [-0.15, -0.1) is 11.3 Å². The molecule has 2 heterocycles. The molecule has 0 bridgehead atoms. The van der Waals surface area contributed by atoms with Crippen molar-refractivity contribution in [2.24, 2.45) is 5.73 Å². The number of hydrogen-bond donors (Lipinski definition) is 1. The van der Waals surface area contributed by atoms with Crippen molar-refractivity contribution in [2.45, 2.75) is 31.2 Å². The summed E-state index contributed by atoms with van der Waals surface area (Å²) in [6.45, 7) is 0. The molecule has 0 saturated heterocycles. The highest BCUT2D eigenvalue weighted by Gasteiger charge is 2.37. The van der Waals surface area contributed by atoms with Crippen LogP contribution >= 0.6 is 11.3 Å². The summed E-state index contributed by atoms with van der Waals surface area (Å²) in [7, 11) is 0. The van der Waals surface area contributed by atoms with Crippen LogP contribution in [0.3, 0.4) is 0 Å². The first-order valence-electron chi connectivity index (χ1n) is 4.95. The molecule has 0 aromatic carbocycles. The average Bonchev–Trinajstić information content (AvgIpc) is 2.65. The van der Waals surface area contributed by atoms with Gasteiger partial charge in [0.05, 0.1) is 0 Å². The Morgan fingerprint density at radius 2 is 2.43 bits per heavy atom. The quantitative estimate of drug-likeness (QED) is 0.834. The van der Waals surface area contributed by atoms with Gasteiger partial charge in [0, 0.05) is 29.0 Å². The van der Waals surface area contributed by atoms with Gasteiger partial charge in [-0.05, 0) is 25.7 Å². The van der Waals surface area contributed by atoms with Crippen LogP contribution in [0.25, 0.3) is 4.96 Å². The second-order valence-electron chi connectivity index (χ2n) is 4.17. The number of nitrogens with zero attached hydrogens (tertiary/aromatic N) is 2. The molecule has 3 rings (SSSR count). The van der Waals surface area contributed by atoms with Gasteiger partial charge in [0.15, 0.2) is 4.96 Å². The van der Waals surface area contributed by atoms with E-state index in [1.165, 1.54) is 18.5 Å². The van der Waals surface area contributed by atoms with E-state index in [9.17, 15) is 0 Å². The summed E-state index contributed by atoms with van der Waals surface area (Å²) in [5.41, 5.74) is 7.57. The normalized spacial score (nSPS) is 18.9. The molecule has 1 fully saturated rings. The summed E-state index contributed by atoms with van der Waals surface area (Å²) in [5, 5.41) is 2.19. The predicted molar refractivity (Wildman–Crippen MR) is 57.5 cm³/mol. The molecular formula is C10H13N3S. The first-order valence-corrected chi connectivity index (χ1v) is 5.83. The van der Waals surface area contributed by atoms with E-state index in [-0.39, 0.29) is 5.54 Å². The van der Waals surface area contributed by atoms with Crippen LogP contribution in [0.15, 0.2) is 17.8 Å². The van der Waals surface area contributed by atoms with Crippen molar-refractivity contribution >= 4 is 16.3 Å². The summed E-state index contributed by atoms with van der Waals surface area (Å²) in [4.78, 5) is 5.33. The molecule has 2 N–H and O–H groups in total. The molecule has 3 nitrogen and oxygen atoms in total. The van der Waals surface area contributed by atoms with E-state index in [0.717, 1.165) is 17.8 Å². The molecule has 0 radical (unpaired) electrons. The smallest absolute Gasteiger partial charge is 0.193 e. The highest BCUT2D eigenvalue weighted by Crippen LogP contribution is 2.36.